The molecule has 0 saturated heterocycles. The van der Waals surface area contributed by atoms with Crippen molar-refractivity contribution in [2.24, 2.45) is 0 Å². The van der Waals surface area contributed by atoms with Gasteiger partial charge in [-0.3, -0.25) is 9.36 Å². The van der Waals surface area contributed by atoms with Crippen LogP contribution in [0.3, 0.4) is 0 Å². The summed E-state index contributed by atoms with van der Waals surface area (Å²) in [5.41, 5.74) is 8.82. The Bertz CT molecular complexity index is 3390. The molecule has 0 radical (unpaired) electrons. The van der Waals surface area contributed by atoms with Gasteiger partial charge < -0.3 is 0 Å². The lowest BCUT2D eigenvalue weighted by Gasteiger charge is -2.19. The maximum absolute atomic E-state index is 14.0. The molecule has 256 valence electrons. The highest BCUT2D eigenvalue weighted by Crippen LogP contribution is 2.46. The molecule has 0 unspecified atom stereocenters. The lowest BCUT2D eigenvalue weighted by Crippen LogP contribution is -2.19. The van der Waals surface area contributed by atoms with Gasteiger partial charge in [-0.05, 0) is 130 Å². The van der Waals surface area contributed by atoms with Crippen molar-refractivity contribution in [1.82, 2.24) is 4.57 Å². The Morgan fingerprint density at radius 2 is 0.745 bits per heavy atom. The van der Waals surface area contributed by atoms with Crippen LogP contribution in [0.5, 0.6) is 0 Å². The highest BCUT2D eigenvalue weighted by molar-refractivity contribution is 6.22. The van der Waals surface area contributed by atoms with Crippen molar-refractivity contribution < 1.29 is 0 Å². The number of hydrogen-bond acceptors (Lipinski definition) is 1. The van der Waals surface area contributed by atoms with E-state index in [1.807, 2.05) is 53.1 Å². The third-order valence-corrected chi connectivity index (χ3v) is 11.3. The summed E-state index contributed by atoms with van der Waals surface area (Å²) in [7, 11) is 0. The number of rotatable bonds is 4. The van der Waals surface area contributed by atoms with Crippen molar-refractivity contribution >= 4 is 64.8 Å². The molecule has 0 fully saturated rings. The summed E-state index contributed by atoms with van der Waals surface area (Å²) in [4.78, 5) is 14.0. The molecule has 0 spiro atoms. The smallest absolute Gasteiger partial charge is 0.263 e. The molecule has 55 heavy (non-hydrogen) atoms. The van der Waals surface area contributed by atoms with Crippen molar-refractivity contribution in [3.63, 3.8) is 0 Å². The van der Waals surface area contributed by atoms with Gasteiger partial charge in [0.05, 0.1) is 5.52 Å². The van der Waals surface area contributed by atoms with Gasteiger partial charge in [0.2, 0.25) is 0 Å². The van der Waals surface area contributed by atoms with Crippen LogP contribution >= 0.6 is 0 Å². The number of nitrogens with zero attached hydrogens (tertiary/aromatic N) is 1. The van der Waals surface area contributed by atoms with Crippen LogP contribution in [-0.4, -0.2) is 4.57 Å². The summed E-state index contributed by atoms with van der Waals surface area (Å²) in [5.74, 6) is 0. The number of para-hydroxylation sites is 1. The largest absolute Gasteiger partial charge is 0.276 e. The molecule has 1 heterocycles. The lowest BCUT2D eigenvalue weighted by atomic mass is 9.84. The van der Waals surface area contributed by atoms with Gasteiger partial charge in [0.1, 0.15) is 0 Å². The monoisotopic (exact) mass is 699 g/mol. The second kappa shape index (κ2) is 12.4. The van der Waals surface area contributed by atoms with Gasteiger partial charge >= 0.3 is 0 Å². The molecule has 11 rings (SSSR count). The summed E-state index contributed by atoms with van der Waals surface area (Å²) in [6.45, 7) is 0. The van der Waals surface area contributed by atoms with E-state index in [4.69, 9.17) is 0 Å². The molecule has 2 nitrogen and oxygen atoms in total. The summed E-state index contributed by atoms with van der Waals surface area (Å²) < 4.78 is 1.85. The molecular formula is C53H33NO. The first-order valence-electron chi connectivity index (χ1n) is 18.8. The predicted molar refractivity (Wildman–Crippen MR) is 233 cm³/mol. The lowest BCUT2D eigenvalue weighted by molar-refractivity contribution is 1.06. The van der Waals surface area contributed by atoms with Crippen LogP contribution in [0, 0.1) is 0 Å². The van der Waals surface area contributed by atoms with Crippen LogP contribution in [0.2, 0.25) is 0 Å². The minimum absolute atomic E-state index is 0.0131. The van der Waals surface area contributed by atoms with Gasteiger partial charge in [0, 0.05) is 16.5 Å². The minimum atomic E-state index is -0.0131. The van der Waals surface area contributed by atoms with Crippen molar-refractivity contribution in [2.75, 3.05) is 0 Å². The third-order valence-electron chi connectivity index (χ3n) is 11.3. The molecule has 0 aliphatic heterocycles. The first-order chi connectivity index (χ1) is 27.2. The number of fused-ring (bicyclic) bond motifs is 7. The predicted octanol–water partition coefficient (Wildman–Crippen LogP) is 13.8. The van der Waals surface area contributed by atoms with Gasteiger partial charge in [-0.1, -0.05) is 152 Å². The van der Waals surface area contributed by atoms with Gasteiger partial charge in [-0.25, -0.2) is 0 Å². The highest BCUT2D eigenvalue weighted by atomic mass is 16.1. The van der Waals surface area contributed by atoms with Crippen LogP contribution < -0.4 is 5.56 Å². The second-order valence-corrected chi connectivity index (χ2v) is 14.4. The maximum atomic E-state index is 14.0. The quantitative estimate of drug-likeness (QED) is 0.132. The Morgan fingerprint density at radius 1 is 0.291 bits per heavy atom. The normalized spacial score (nSPS) is 11.7. The SMILES string of the molecule is O=c1c2ccccc2c2cc(-c3ccc4c(-c5ccc6ccccc6c5)c5ccccc5c(-c5ccc6ccccc6c5)c4c3)ccc2n1-c1ccccc1. The fourth-order valence-corrected chi connectivity index (χ4v) is 8.76. The van der Waals surface area contributed by atoms with Crippen molar-refractivity contribution in [1.29, 1.82) is 0 Å². The average molecular weight is 700 g/mol. The van der Waals surface area contributed by atoms with E-state index < -0.39 is 0 Å². The van der Waals surface area contributed by atoms with Crippen LogP contribution in [0.15, 0.2) is 205 Å². The molecule has 0 saturated carbocycles. The third kappa shape index (κ3) is 5.00. The van der Waals surface area contributed by atoms with Gasteiger partial charge in [-0.2, -0.15) is 0 Å². The molecule has 0 aliphatic rings. The second-order valence-electron chi connectivity index (χ2n) is 14.4. The first-order valence-corrected chi connectivity index (χ1v) is 18.8. The van der Waals surface area contributed by atoms with Gasteiger partial charge in [0.25, 0.3) is 5.56 Å². The van der Waals surface area contributed by atoms with Crippen LogP contribution in [0.4, 0.5) is 0 Å². The van der Waals surface area contributed by atoms with E-state index in [-0.39, 0.29) is 5.56 Å². The summed E-state index contributed by atoms with van der Waals surface area (Å²) in [6, 6.07) is 71.2. The van der Waals surface area contributed by atoms with Crippen LogP contribution in [0.1, 0.15) is 0 Å². The summed E-state index contributed by atoms with van der Waals surface area (Å²) in [5, 5.41) is 12.5. The zero-order chi connectivity index (χ0) is 36.5. The van der Waals surface area contributed by atoms with Gasteiger partial charge in [0.15, 0.2) is 0 Å². The fraction of sp³-hybridized carbons (Fsp3) is 0. The standard InChI is InChI=1S/C53H33NO/c55-53-47-21-11-8-18-43(47)48-32-39(27-29-50(48)54(53)42-16-2-1-3-17-42)38-26-28-46-49(33-38)52(41-25-23-35-13-5-7-15-37(35)31-41)45-20-10-9-19-44(45)51(46)40-24-22-34-12-4-6-14-36(34)30-40/h1-33H. The molecule has 0 atom stereocenters. The Morgan fingerprint density at radius 3 is 1.38 bits per heavy atom. The van der Waals surface area contributed by atoms with E-state index in [0.717, 1.165) is 33.1 Å². The topological polar surface area (TPSA) is 22.0 Å². The van der Waals surface area contributed by atoms with E-state index in [1.54, 1.807) is 0 Å². The van der Waals surface area contributed by atoms with Gasteiger partial charge in [-0.15, -0.1) is 0 Å². The number of hydrogen-bond donors (Lipinski definition) is 0. The molecule has 0 bridgehead atoms. The Balaban J connectivity index is 1.22. The Labute approximate surface area is 317 Å². The summed E-state index contributed by atoms with van der Waals surface area (Å²) >= 11 is 0. The maximum Gasteiger partial charge on any atom is 0.263 e. The highest BCUT2D eigenvalue weighted by Gasteiger charge is 2.19. The number of pyridine rings is 1. The minimum Gasteiger partial charge on any atom is -0.276 e. The van der Waals surface area contributed by atoms with Crippen LogP contribution in [0.25, 0.3) is 104 Å². The van der Waals surface area contributed by atoms with E-state index in [0.29, 0.717) is 5.39 Å². The zero-order valence-electron chi connectivity index (χ0n) is 29.9. The Hall–Kier alpha value is -7.29. The first kappa shape index (κ1) is 31.3. The molecule has 0 aliphatic carbocycles. The van der Waals surface area contributed by atoms with Crippen LogP contribution in [-0.2, 0) is 0 Å². The van der Waals surface area contributed by atoms with E-state index in [1.165, 1.54) is 65.3 Å². The molecule has 10 aromatic carbocycles. The number of aromatic nitrogens is 1. The molecule has 2 heteroatoms. The van der Waals surface area contributed by atoms with Crippen molar-refractivity contribution in [2.45, 2.75) is 0 Å². The van der Waals surface area contributed by atoms with Crippen molar-refractivity contribution in [3.8, 4) is 39.1 Å². The average Bonchev–Trinajstić information content (AvgIpc) is 3.25. The van der Waals surface area contributed by atoms with E-state index in [9.17, 15) is 4.79 Å². The molecule has 0 N–H and O–H groups in total. The molecular weight excluding hydrogens is 667 g/mol. The molecule has 11 aromatic rings. The molecule has 0 amide bonds. The summed E-state index contributed by atoms with van der Waals surface area (Å²) in [6.07, 6.45) is 0. The van der Waals surface area contributed by atoms with E-state index >= 15 is 0 Å². The van der Waals surface area contributed by atoms with E-state index in [2.05, 4.69) is 152 Å². The fourth-order valence-electron chi connectivity index (χ4n) is 8.76. The zero-order valence-corrected chi connectivity index (χ0v) is 29.9. The number of benzene rings is 10. The van der Waals surface area contributed by atoms with Crippen molar-refractivity contribution in [3.05, 3.63) is 211 Å². The Kier molecular flexibility index (Phi) is 7.05. The molecule has 1 aromatic heterocycles.